The summed E-state index contributed by atoms with van der Waals surface area (Å²) in [6.07, 6.45) is 0. The van der Waals surface area contributed by atoms with Gasteiger partial charge in [-0.25, -0.2) is 0 Å². The minimum atomic E-state index is 0.299. The van der Waals surface area contributed by atoms with Crippen LogP contribution in [0.15, 0.2) is 211 Å². The summed E-state index contributed by atoms with van der Waals surface area (Å²) in [6.45, 7) is 18.3. The first-order valence-electron chi connectivity index (χ1n) is 25.5. The molecule has 71 heavy (non-hydrogen) atoms. The fraction of sp³-hybridized carbons (Fsp3) is 0.176. The second kappa shape index (κ2) is 18.8. The van der Waals surface area contributed by atoms with Gasteiger partial charge in [-0.05, 0) is 151 Å². The average molecular weight is 923 g/mol. The van der Waals surface area contributed by atoms with Crippen LogP contribution in [0.4, 0.5) is 34.1 Å². The standard InChI is InChI=1S/C68H62N2O/c1-43(2)49-23-15-25-55(35-49)69(67-59(45(5)6)27-17-29-61(67)47-19-11-9-12-20-47)57-33-31-51-39-63-64-40-52-32-34-58(38-54(52)42-66(64)71-65(63)41-53(51)37-57)70(56-26-16-24-50(36-56)44(3)4)68-60(46(7)8)28-18-30-62(68)48-21-13-10-14-22-48/h9-46H,1-8H3. The van der Waals surface area contributed by atoms with Crippen molar-refractivity contribution in [1.29, 1.82) is 0 Å². The Bertz CT molecular complexity index is 3480. The molecule has 1 aromatic heterocycles. The monoisotopic (exact) mass is 922 g/mol. The van der Waals surface area contributed by atoms with Crippen LogP contribution in [0, 0.1) is 0 Å². The Morgan fingerprint density at radius 2 is 0.704 bits per heavy atom. The molecule has 0 aliphatic rings. The molecular weight excluding hydrogens is 861 g/mol. The molecule has 0 saturated carbocycles. The second-order valence-corrected chi connectivity index (χ2v) is 20.6. The van der Waals surface area contributed by atoms with Gasteiger partial charge in [0.1, 0.15) is 11.2 Å². The Kier molecular flexibility index (Phi) is 12.1. The van der Waals surface area contributed by atoms with E-state index >= 15 is 0 Å². The summed E-state index contributed by atoms with van der Waals surface area (Å²) in [5.41, 5.74) is 18.7. The van der Waals surface area contributed by atoms with Crippen LogP contribution in [0.25, 0.3) is 65.7 Å². The molecule has 11 rings (SSSR count). The first-order valence-corrected chi connectivity index (χ1v) is 25.5. The first kappa shape index (κ1) is 45.6. The molecule has 0 amide bonds. The molecule has 0 radical (unpaired) electrons. The highest BCUT2D eigenvalue weighted by molar-refractivity contribution is 6.14. The highest BCUT2D eigenvalue weighted by Crippen LogP contribution is 2.49. The lowest BCUT2D eigenvalue weighted by Gasteiger charge is -2.32. The van der Waals surface area contributed by atoms with Gasteiger partial charge in [-0.3, -0.25) is 0 Å². The maximum absolute atomic E-state index is 6.92. The number of benzene rings is 10. The lowest BCUT2D eigenvalue weighted by Crippen LogP contribution is -2.14. The quantitative estimate of drug-likeness (QED) is 0.122. The first-order chi connectivity index (χ1) is 34.5. The van der Waals surface area contributed by atoms with Crippen molar-refractivity contribution in [2.45, 2.75) is 79.1 Å². The van der Waals surface area contributed by atoms with E-state index in [2.05, 4.69) is 271 Å². The zero-order chi connectivity index (χ0) is 48.9. The lowest BCUT2D eigenvalue weighted by atomic mass is 9.92. The van der Waals surface area contributed by atoms with Crippen molar-refractivity contribution in [1.82, 2.24) is 0 Å². The van der Waals surface area contributed by atoms with Gasteiger partial charge in [-0.15, -0.1) is 0 Å². The Balaban J connectivity index is 1.07. The van der Waals surface area contributed by atoms with Crippen LogP contribution in [-0.4, -0.2) is 0 Å². The van der Waals surface area contributed by atoms with Crippen LogP contribution in [0.5, 0.6) is 0 Å². The van der Waals surface area contributed by atoms with Crippen LogP contribution in [0.1, 0.15) is 101 Å². The van der Waals surface area contributed by atoms with Crippen molar-refractivity contribution in [3.63, 3.8) is 0 Å². The summed E-state index contributed by atoms with van der Waals surface area (Å²) in [4.78, 5) is 4.97. The zero-order valence-corrected chi connectivity index (χ0v) is 42.2. The summed E-state index contributed by atoms with van der Waals surface area (Å²) >= 11 is 0. The third-order valence-corrected chi connectivity index (χ3v) is 14.5. The maximum Gasteiger partial charge on any atom is 0.136 e. The Morgan fingerprint density at radius 3 is 1.10 bits per heavy atom. The van der Waals surface area contributed by atoms with Gasteiger partial charge in [0.15, 0.2) is 0 Å². The van der Waals surface area contributed by atoms with Crippen molar-refractivity contribution >= 4 is 77.6 Å². The van der Waals surface area contributed by atoms with Crippen LogP contribution in [0.2, 0.25) is 0 Å². The molecule has 3 nitrogen and oxygen atoms in total. The van der Waals surface area contributed by atoms with Gasteiger partial charge < -0.3 is 14.2 Å². The van der Waals surface area contributed by atoms with Gasteiger partial charge in [0.05, 0.1) is 11.4 Å². The molecule has 0 bridgehead atoms. The van der Waals surface area contributed by atoms with E-state index in [0.717, 1.165) is 55.5 Å². The van der Waals surface area contributed by atoms with Gasteiger partial charge in [0.25, 0.3) is 0 Å². The minimum absolute atomic E-state index is 0.299. The lowest BCUT2D eigenvalue weighted by molar-refractivity contribution is 0.670. The van der Waals surface area contributed by atoms with E-state index in [0.29, 0.717) is 23.7 Å². The summed E-state index contributed by atoms with van der Waals surface area (Å²) in [5.74, 6) is 1.38. The van der Waals surface area contributed by atoms with Crippen molar-refractivity contribution in [2.24, 2.45) is 0 Å². The topological polar surface area (TPSA) is 19.6 Å². The van der Waals surface area contributed by atoms with Crippen LogP contribution in [-0.2, 0) is 0 Å². The number of nitrogens with zero attached hydrogens (tertiary/aromatic N) is 2. The summed E-state index contributed by atoms with van der Waals surface area (Å²) < 4.78 is 6.92. The van der Waals surface area contributed by atoms with Crippen molar-refractivity contribution in [3.05, 3.63) is 229 Å². The molecule has 11 aromatic rings. The molecule has 0 aliphatic carbocycles. The van der Waals surface area contributed by atoms with Crippen molar-refractivity contribution in [2.75, 3.05) is 9.80 Å². The van der Waals surface area contributed by atoms with E-state index in [4.69, 9.17) is 4.42 Å². The van der Waals surface area contributed by atoms with Crippen molar-refractivity contribution < 1.29 is 4.42 Å². The minimum Gasteiger partial charge on any atom is -0.456 e. The molecular formula is C68H62N2O. The molecule has 0 atom stereocenters. The number of hydrogen-bond acceptors (Lipinski definition) is 3. The Morgan fingerprint density at radius 1 is 0.310 bits per heavy atom. The molecule has 0 unspecified atom stereocenters. The predicted octanol–water partition coefficient (Wildman–Crippen LogP) is 20.7. The number of hydrogen-bond donors (Lipinski definition) is 0. The normalized spacial score (nSPS) is 11.9. The molecule has 0 saturated heterocycles. The summed E-state index contributed by atoms with van der Waals surface area (Å²) in [5, 5.41) is 6.85. The van der Waals surface area contributed by atoms with Gasteiger partial charge in [-0.2, -0.15) is 0 Å². The number of anilines is 6. The Labute approximate surface area is 419 Å². The third kappa shape index (κ3) is 8.54. The Hall–Kier alpha value is -7.88. The van der Waals surface area contributed by atoms with Crippen molar-refractivity contribution in [3.8, 4) is 22.3 Å². The average Bonchev–Trinajstić information content (AvgIpc) is 3.73. The molecule has 0 aliphatic heterocycles. The van der Waals surface area contributed by atoms with E-state index in [1.165, 1.54) is 66.7 Å². The molecule has 3 heteroatoms. The van der Waals surface area contributed by atoms with Crippen LogP contribution >= 0.6 is 0 Å². The zero-order valence-electron chi connectivity index (χ0n) is 42.2. The number of furan rings is 1. The van der Waals surface area contributed by atoms with Crippen LogP contribution in [0.3, 0.4) is 0 Å². The fourth-order valence-electron chi connectivity index (χ4n) is 10.6. The number of rotatable bonds is 12. The van der Waals surface area contributed by atoms with Gasteiger partial charge >= 0.3 is 0 Å². The SMILES string of the molecule is CC(C)c1cccc(N(c2ccc3cc4c(cc3c2)oc2cc3cc(N(c5cccc(C(C)C)c5)c5c(-c6ccccc6)cccc5C(C)C)ccc3cc24)c2c(-c3ccccc3)cccc2C(C)C)c1. The highest BCUT2D eigenvalue weighted by atomic mass is 16.3. The van der Waals surface area contributed by atoms with E-state index in [1.54, 1.807) is 0 Å². The van der Waals surface area contributed by atoms with E-state index < -0.39 is 0 Å². The molecule has 10 aromatic carbocycles. The molecule has 0 spiro atoms. The number of fused-ring (bicyclic) bond motifs is 5. The number of para-hydroxylation sites is 2. The van der Waals surface area contributed by atoms with E-state index in [1.807, 2.05) is 0 Å². The highest BCUT2D eigenvalue weighted by Gasteiger charge is 2.25. The smallest absolute Gasteiger partial charge is 0.136 e. The molecule has 1 heterocycles. The molecule has 350 valence electrons. The van der Waals surface area contributed by atoms with Crippen LogP contribution < -0.4 is 9.80 Å². The van der Waals surface area contributed by atoms with Gasteiger partial charge in [0, 0.05) is 44.6 Å². The third-order valence-electron chi connectivity index (χ3n) is 14.5. The summed E-state index contributed by atoms with van der Waals surface area (Å²) in [7, 11) is 0. The molecule has 0 fully saturated rings. The fourth-order valence-corrected chi connectivity index (χ4v) is 10.6. The second-order valence-electron chi connectivity index (χ2n) is 20.6. The predicted molar refractivity (Wildman–Crippen MR) is 305 cm³/mol. The largest absolute Gasteiger partial charge is 0.456 e. The van der Waals surface area contributed by atoms with E-state index in [9.17, 15) is 0 Å². The molecule has 0 N–H and O–H groups in total. The van der Waals surface area contributed by atoms with E-state index in [-0.39, 0.29) is 0 Å². The van der Waals surface area contributed by atoms with Gasteiger partial charge in [-0.1, -0.05) is 189 Å². The van der Waals surface area contributed by atoms with Gasteiger partial charge in [0.2, 0.25) is 0 Å². The summed E-state index contributed by atoms with van der Waals surface area (Å²) in [6, 6.07) is 76.4. The maximum atomic E-state index is 6.92.